The number of nitrogens with one attached hydrogen (secondary N) is 1. The van der Waals surface area contributed by atoms with Crippen LogP contribution in [0.25, 0.3) is 0 Å². The van der Waals surface area contributed by atoms with Crippen LogP contribution in [0.5, 0.6) is 0 Å². The Morgan fingerprint density at radius 3 is 2.15 bits per heavy atom. The smallest absolute Gasteiger partial charge is 0.00684 e. The Bertz CT molecular complexity index is 187. The molecule has 3 rings (SSSR count). The Labute approximate surface area is 81.3 Å². The van der Waals surface area contributed by atoms with Gasteiger partial charge >= 0.3 is 0 Å². The van der Waals surface area contributed by atoms with Crippen molar-refractivity contribution >= 4 is 0 Å². The molecule has 0 unspecified atom stereocenters. The van der Waals surface area contributed by atoms with E-state index in [-0.39, 0.29) is 0 Å². The molecule has 0 radical (unpaired) electrons. The lowest BCUT2D eigenvalue weighted by atomic mass is 9.55. The van der Waals surface area contributed by atoms with Crippen LogP contribution in [0.2, 0.25) is 0 Å². The number of hydrogen-bond donors (Lipinski definition) is 1. The summed E-state index contributed by atoms with van der Waals surface area (Å²) in [5.74, 6) is 1.10. The molecule has 3 fully saturated rings. The molecule has 3 aliphatic carbocycles. The maximum atomic E-state index is 3.75. The standard InChI is InChI=1S/C12H21N/c1-3-10(4-1)12(7-2-8-12)9-13-11-5-6-11/h10-11,13H,1-9H2. The van der Waals surface area contributed by atoms with Crippen molar-refractivity contribution in [3.63, 3.8) is 0 Å². The summed E-state index contributed by atoms with van der Waals surface area (Å²) in [5, 5.41) is 3.75. The monoisotopic (exact) mass is 179 g/mol. The van der Waals surface area contributed by atoms with Crippen LogP contribution in [0.15, 0.2) is 0 Å². The van der Waals surface area contributed by atoms with E-state index in [0.717, 1.165) is 17.4 Å². The largest absolute Gasteiger partial charge is 0.313 e. The van der Waals surface area contributed by atoms with Crippen LogP contribution >= 0.6 is 0 Å². The summed E-state index contributed by atoms with van der Waals surface area (Å²) in [7, 11) is 0. The van der Waals surface area contributed by atoms with E-state index in [1.54, 1.807) is 0 Å². The van der Waals surface area contributed by atoms with Crippen LogP contribution in [0.1, 0.15) is 51.4 Å². The molecular weight excluding hydrogens is 158 g/mol. The average molecular weight is 179 g/mol. The summed E-state index contributed by atoms with van der Waals surface area (Å²) in [6.45, 7) is 1.35. The average Bonchev–Trinajstić information content (AvgIpc) is 2.72. The number of hydrogen-bond acceptors (Lipinski definition) is 1. The fourth-order valence-corrected chi connectivity index (χ4v) is 3.02. The van der Waals surface area contributed by atoms with Crippen molar-refractivity contribution in [2.45, 2.75) is 57.4 Å². The van der Waals surface area contributed by atoms with Crippen LogP contribution in [0, 0.1) is 11.3 Å². The molecule has 74 valence electrons. The van der Waals surface area contributed by atoms with Gasteiger partial charge in [0.15, 0.2) is 0 Å². The van der Waals surface area contributed by atoms with Crippen LogP contribution < -0.4 is 5.32 Å². The molecule has 0 saturated heterocycles. The van der Waals surface area contributed by atoms with E-state index in [0.29, 0.717) is 0 Å². The SMILES string of the molecule is C1CC(C2(CNC3CC3)CCC2)C1. The molecule has 0 amide bonds. The van der Waals surface area contributed by atoms with Crippen molar-refractivity contribution in [3.8, 4) is 0 Å². The topological polar surface area (TPSA) is 12.0 Å². The molecule has 1 heteroatoms. The molecule has 0 aromatic rings. The van der Waals surface area contributed by atoms with Gasteiger partial charge in [0.1, 0.15) is 0 Å². The van der Waals surface area contributed by atoms with Gasteiger partial charge < -0.3 is 5.32 Å². The Morgan fingerprint density at radius 1 is 1.00 bits per heavy atom. The second-order valence-electron chi connectivity index (χ2n) is 5.50. The molecule has 0 bridgehead atoms. The van der Waals surface area contributed by atoms with Crippen molar-refractivity contribution in [1.29, 1.82) is 0 Å². The highest BCUT2D eigenvalue weighted by molar-refractivity contribution is 4.99. The maximum absolute atomic E-state index is 3.75. The minimum absolute atomic E-state index is 0.779. The van der Waals surface area contributed by atoms with Gasteiger partial charge in [-0.05, 0) is 49.9 Å². The van der Waals surface area contributed by atoms with Gasteiger partial charge in [-0.2, -0.15) is 0 Å². The first kappa shape index (κ1) is 8.28. The molecule has 0 heterocycles. The summed E-state index contributed by atoms with van der Waals surface area (Å²) in [4.78, 5) is 0. The van der Waals surface area contributed by atoms with E-state index in [4.69, 9.17) is 0 Å². The molecule has 0 aromatic carbocycles. The zero-order chi connectivity index (χ0) is 8.73. The van der Waals surface area contributed by atoms with Crippen LogP contribution in [-0.2, 0) is 0 Å². The molecule has 13 heavy (non-hydrogen) atoms. The summed E-state index contributed by atoms with van der Waals surface area (Å²) >= 11 is 0. The van der Waals surface area contributed by atoms with Gasteiger partial charge in [0, 0.05) is 12.6 Å². The predicted octanol–water partition coefficient (Wildman–Crippen LogP) is 2.71. The van der Waals surface area contributed by atoms with E-state index >= 15 is 0 Å². The molecule has 1 N–H and O–H groups in total. The minimum atomic E-state index is 0.779. The first-order chi connectivity index (χ1) is 6.39. The van der Waals surface area contributed by atoms with E-state index in [9.17, 15) is 0 Å². The second kappa shape index (κ2) is 2.98. The summed E-state index contributed by atoms with van der Waals surface area (Å²) in [6.07, 6.45) is 12.0. The van der Waals surface area contributed by atoms with E-state index < -0.39 is 0 Å². The zero-order valence-corrected chi connectivity index (χ0v) is 8.52. The second-order valence-corrected chi connectivity index (χ2v) is 5.50. The van der Waals surface area contributed by atoms with Crippen molar-refractivity contribution in [1.82, 2.24) is 5.32 Å². The lowest BCUT2D eigenvalue weighted by Gasteiger charge is -2.52. The fraction of sp³-hybridized carbons (Fsp3) is 1.00. The molecular formula is C12H21N. The van der Waals surface area contributed by atoms with Gasteiger partial charge in [0.05, 0.1) is 0 Å². The zero-order valence-electron chi connectivity index (χ0n) is 8.52. The van der Waals surface area contributed by atoms with Crippen molar-refractivity contribution < 1.29 is 0 Å². The lowest BCUT2D eigenvalue weighted by Crippen LogP contribution is -2.48. The van der Waals surface area contributed by atoms with Gasteiger partial charge in [-0.15, -0.1) is 0 Å². The van der Waals surface area contributed by atoms with E-state index in [2.05, 4.69) is 5.32 Å². The normalized spacial score (nSPS) is 32.3. The Balaban J connectivity index is 1.55. The third-order valence-electron chi connectivity index (χ3n) is 4.64. The van der Waals surface area contributed by atoms with Crippen LogP contribution in [0.4, 0.5) is 0 Å². The molecule has 0 aliphatic heterocycles. The van der Waals surface area contributed by atoms with Crippen molar-refractivity contribution in [2.75, 3.05) is 6.54 Å². The Hall–Kier alpha value is -0.0400. The number of rotatable bonds is 4. The molecule has 1 nitrogen and oxygen atoms in total. The Kier molecular flexibility index (Phi) is 1.90. The van der Waals surface area contributed by atoms with Crippen LogP contribution in [0.3, 0.4) is 0 Å². The summed E-state index contributed by atoms with van der Waals surface area (Å²) < 4.78 is 0. The third kappa shape index (κ3) is 1.41. The van der Waals surface area contributed by atoms with Crippen LogP contribution in [-0.4, -0.2) is 12.6 Å². The molecule has 0 aromatic heterocycles. The first-order valence-corrected chi connectivity index (χ1v) is 6.12. The highest BCUT2D eigenvalue weighted by Gasteiger charge is 2.46. The highest BCUT2D eigenvalue weighted by atomic mass is 15.0. The lowest BCUT2D eigenvalue weighted by molar-refractivity contribution is 0.00264. The fourth-order valence-electron chi connectivity index (χ4n) is 3.02. The maximum Gasteiger partial charge on any atom is 0.00684 e. The third-order valence-corrected chi connectivity index (χ3v) is 4.64. The summed E-state index contributed by atoms with van der Waals surface area (Å²) in [5.41, 5.74) is 0.779. The minimum Gasteiger partial charge on any atom is -0.313 e. The molecule has 3 saturated carbocycles. The first-order valence-electron chi connectivity index (χ1n) is 6.12. The Morgan fingerprint density at radius 2 is 1.77 bits per heavy atom. The van der Waals surface area contributed by atoms with Crippen molar-refractivity contribution in [2.24, 2.45) is 11.3 Å². The summed E-state index contributed by atoms with van der Waals surface area (Å²) in [6, 6.07) is 0.914. The molecule has 3 aliphatic rings. The van der Waals surface area contributed by atoms with Gasteiger partial charge in [0.2, 0.25) is 0 Å². The van der Waals surface area contributed by atoms with Gasteiger partial charge in [-0.3, -0.25) is 0 Å². The predicted molar refractivity (Wildman–Crippen MR) is 54.6 cm³/mol. The quantitative estimate of drug-likeness (QED) is 0.699. The highest BCUT2D eigenvalue weighted by Crippen LogP contribution is 2.54. The van der Waals surface area contributed by atoms with E-state index in [1.165, 1.54) is 57.9 Å². The molecule has 0 atom stereocenters. The molecule has 0 spiro atoms. The van der Waals surface area contributed by atoms with Gasteiger partial charge in [-0.1, -0.05) is 12.8 Å². The van der Waals surface area contributed by atoms with Gasteiger partial charge in [-0.25, -0.2) is 0 Å². The van der Waals surface area contributed by atoms with E-state index in [1.807, 2.05) is 0 Å². The van der Waals surface area contributed by atoms with Crippen molar-refractivity contribution in [3.05, 3.63) is 0 Å². The van der Waals surface area contributed by atoms with Gasteiger partial charge in [0.25, 0.3) is 0 Å².